The maximum absolute atomic E-state index is 12.8. The van der Waals surface area contributed by atoms with E-state index in [1.165, 1.54) is 0 Å². The fraction of sp³-hybridized carbons (Fsp3) is 0.474. The van der Waals surface area contributed by atoms with Gasteiger partial charge in [0.2, 0.25) is 11.7 Å². The zero-order chi connectivity index (χ0) is 16.9. The van der Waals surface area contributed by atoms with Crippen LogP contribution in [0.15, 0.2) is 34.7 Å². The highest BCUT2D eigenvalue weighted by atomic mass is 35.5. The molecule has 0 bridgehead atoms. The molecule has 1 saturated heterocycles. The van der Waals surface area contributed by atoms with Crippen molar-refractivity contribution in [2.24, 2.45) is 5.92 Å². The summed E-state index contributed by atoms with van der Waals surface area (Å²) >= 11 is 0. The topological polar surface area (TPSA) is 58.4 Å². The fourth-order valence-electron chi connectivity index (χ4n) is 3.13. The van der Waals surface area contributed by atoms with Crippen molar-refractivity contribution in [3.05, 3.63) is 41.8 Å². The van der Waals surface area contributed by atoms with Crippen LogP contribution in [0, 0.1) is 12.8 Å². The molecule has 25 heavy (non-hydrogen) atoms. The molecule has 3 rings (SSSR count). The number of hydrogen-bond acceptors (Lipinski definition) is 4. The second-order valence-electron chi connectivity index (χ2n) is 6.34. The lowest BCUT2D eigenvalue weighted by Gasteiger charge is -2.31. The molecule has 2 aromatic rings. The van der Waals surface area contributed by atoms with Crippen LogP contribution in [0.5, 0.6) is 0 Å². The Morgan fingerprint density at radius 3 is 2.60 bits per heavy atom. The number of piperidine rings is 1. The molecule has 0 saturated carbocycles. The summed E-state index contributed by atoms with van der Waals surface area (Å²) in [6, 6.07) is 9.69. The first kappa shape index (κ1) is 19.5. The maximum Gasteiger partial charge on any atom is 0.291 e. The Bertz CT molecular complexity index is 679. The number of oxazole rings is 1. The summed E-state index contributed by atoms with van der Waals surface area (Å²) in [5, 5.41) is 3.39. The number of nitrogens with zero attached hydrogens (tertiary/aromatic N) is 2. The molecule has 1 amide bonds. The minimum atomic E-state index is -0.0379. The van der Waals surface area contributed by atoms with Gasteiger partial charge in [-0.1, -0.05) is 25.1 Å². The largest absolute Gasteiger partial charge is 0.431 e. The molecule has 1 aromatic heterocycles. The predicted molar refractivity (Wildman–Crippen MR) is 101 cm³/mol. The molecule has 1 aliphatic heterocycles. The second kappa shape index (κ2) is 9.02. The van der Waals surface area contributed by atoms with Crippen molar-refractivity contribution in [1.29, 1.82) is 0 Å². The van der Waals surface area contributed by atoms with Crippen molar-refractivity contribution in [2.75, 3.05) is 26.2 Å². The van der Waals surface area contributed by atoms with E-state index in [9.17, 15) is 4.79 Å². The van der Waals surface area contributed by atoms with Crippen molar-refractivity contribution in [1.82, 2.24) is 15.2 Å². The van der Waals surface area contributed by atoms with E-state index in [0.29, 0.717) is 23.3 Å². The number of halogens is 1. The Hall–Kier alpha value is -1.85. The summed E-state index contributed by atoms with van der Waals surface area (Å²) in [7, 11) is 0. The van der Waals surface area contributed by atoms with Gasteiger partial charge in [0.15, 0.2) is 0 Å². The van der Waals surface area contributed by atoms with E-state index >= 15 is 0 Å². The molecule has 1 fully saturated rings. The molecule has 1 aliphatic rings. The zero-order valence-corrected chi connectivity index (χ0v) is 15.6. The van der Waals surface area contributed by atoms with Gasteiger partial charge in [0.1, 0.15) is 0 Å². The van der Waals surface area contributed by atoms with E-state index in [4.69, 9.17) is 4.42 Å². The van der Waals surface area contributed by atoms with Crippen molar-refractivity contribution >= 4 is 18.3 Å². The SMILES string of the molecule is CCNCC1CCN(C(=O)c2oc(-c3ccccc3)nc2C)CC1.Cl. The average molecular weight is 364 g/mol. The first-order valence-electron chi connectivity index (χ1n) is 8.72. The molecule has 5 nitrogen and oxygen atoms in total. The quantitative estimate of drug-likeness (QED) is 0.882. The smallest absolute Gasteiger partial charge is 0.291 e. The van der Waals surface area contributed by atoms with Crippen LogP contribution >= 0.6 is 12.4 Å². The van der Waals surface area contributed by atoms with Crippen molar-refractivity contribution in [2.45, 2.75) is 26.7 Å². The molecule has 0 spiro atoms. The fourth-order valence-corrected chi connectivity index (χ4v) is 3.13. The summed E-state index contributed by atoms with van der Waals surface area (Å²) in [5.41, 5.74) is 1.55. The zero-order valence-electron chi connectivity index (χ0n) is 14.8. The lowest BCUT2D eigenvalue weighted by molar-refractivity contribution is 0.0658. The van der Waals surface area contributed by atoms with Crippen molar-refractivity contribution in [3.8, 4) is 11.5 Å². The third-order valence-electron chi connectivity index (χ3n) is 4.60. The van der Waals surface area contributed by atoms with Gasteiger partial charge in [0.05, 0.1) is 5.69 Å². The molecule has 2 heterocycles. The summed E-state index contributed by atoms with van der Waals surface area (Å²) in [5.74, 6) is 1.51. The number of nitrogens with one attached hydrogen (secondary N) is 1. The lowest BCUT2D eigenvalue weighted by Crippen LogP contribution is -2.40. The van der Waals surface area contributed by atoms with Crippen LogP contribution in [0.1, 0.15) is 36.0 Å². The van der Waals surface area contributed by atoms with Gasteiger partial charge in [-0.15, -0.1) is 12.4 Å². The lowest BCUT2D eigenvalue weighted by atomic mass is 9.96. The maximum atomic E-state index is 12.8. The Balaban J connectivity index is 0.00000225. The van der Waals surface area contributed by atoms with Gasteiger partial charge < -0.3 is 14.6 Å². The Morgan fingerprint density at radius 2 is 1.96 bits per heavy atom. The van der Waals surface area contributed by atoms with Gasteiger partial charge in [-0.05, 0) is 50.9 Å². The van der Waals surface area contributed by atoms with E-state index in [1.54, 1.807) is 0 Å². The third-order valence-corrected chi connectivity index (χ3v) is 4.60. The van der Waals surface area contributed by atoms with Gasteiger partial charge in [-0.2, -0.15) is 0 Å². The summed E-state index contributed by atoms with van der Waals surface area (Å²) in [4.78, 5) is 19.1. The third kappa shape index (κ3) is 4.61. The average Bonchev–Trinajstić information content (AvgIpc) is 3.02. The molecule has 0 atom stereocenters. The number of benzene rings is 1. The second-order valence-corrected chi connectivity index (χ2v) is 6.34. The number of aryl methyl sites for hydroxylation is 1. The van der Waals surface area contributed by atoms with Crippen LogP contribution in [0.4, 0.5) is 0 Å². The van der Waals surface area contributed by atoms with Gasteiger partial charge in [0, 0.05) is 18.7 Å². The van der Waals surface area contributed by atoms with E-state index < -0.39 is 0 Å². The normalized spacial score (nSPS) is 15.0. The number of hydrogen-bond donors (Lipinski definition) is 1. The van der Waals surface area contributed by atoms with Crippen LogP contribution in [0.25, 0.3) is 11.5 Å². The van der Waals surface area contributed by atoms with Crippen molar-refractivity contribution < 1.29 is 9.21 Å². The Kier molecular flexibility index (Phi) is 7.02. The first-order valence-corrected chi connectivity index (χ1v) is 8.72. The number of carbonyl (C=O) groups is 1. The molecule has 1 aromatic carbocycles. The van der Waals surface area contributed by atoms with Crippen LogP contribution in [0.3, 0.4) is 0 Å². The monoisotopic (exact) mass is 363 g/mol. The predicted octanol–water partition coefficient (Wildman–Crippen LogP) is 3.53. The van der Waals surface area contributed by atoms with Crippen LogP contribution < -0.4 is 5.32 Å². The van der Waals surface area contributed by atoms with E-state index in [1.807, 2.05) is 42.2 Å². The summed E-state index contributed by atoms with van der Waals surface area (Å²) < 4.78 is 5.79. The van der Waals surface area contributed by atoms with Gasteiger partial charge in [-0.3, -0.25) is 4.79 Å². The Morgan fingerprint density at radius 1 is 1.28 bits per heavy atom. The number of aromatic nitrogens is 1. The minimum absolute atomic E-state index is 0. The number of rotatable bonds is 5. The molecule has 0 aliphatic carbocycles. The van der Waals surface area contributed by atoms with Crippen LogP contribution in [-0.4, -0.2) is 42.0 Å². The van der Waals surface area contributed by atoms with Crippen LogP contribution in [0.2, 0.25) is 0 Å². The summed E-state index contributed by atoms with van der Waals surface area (Å²) in [6.45, 7) is 7.57. The van der Waals surface area contributed by atoms with Gasteiger partial charge in [-0.25, -0.2) is 4.98 Å². The molecule has 0 radical (unpaired) electrons. The number of amides is 1. The van der Waals surface area contributed by atoms with Gasteiger partial charge in [0.25, 0.3) is 5.91 Å². The Labute approximate surface area is 155 Å². The highest BCUT2D eigenvalue weighted by Crippen LogP contribution is 2.24. The molecule has 6 heteroatoms. The van der Waals surface area contributed by atoms with Crippen LogP contribution in [-0.2, 0) is 0 Å². The number of carbonyl (C=O) groups excluding carboxylic acids is 1. The first-order chi connectivity index (χ1) is 11.7. The number of likely N-dealkylation sites (tertiary alicyclic amines) is 1. The minimum Gasteiger partial charge on any atom is -0.431 e. The van der Waals surface area contributed by atoms with E-state index in [0.717, 1.165) is 44.6 Å². The highest BCUT2D eigenvalue weighted by Gasteiger charge is 2.27. The molecule has 1 N–H and O–H groups in total. The standard InChI is InChI=1S/C19H25N3O2.ClH/c1-3-20-13-15-9-11-22(12-10-15)19(23)17-14(2)21-18(24-17)16-7-5-4-6-8-16;/h4-8,15,20H,3,9-13H2,1-2H3;1H. The van der Waals surface area contributed by atoms with Crippen molar-refractivity contribution in [3.63, 3.8) is 0 Å². The molecular formula is C19H26ClN3O2. The van der Waals surface area contributed by atoms with E-state index in [2.05, 4.69) is 17.2 Å². The highest BCUT2D eigenvalue weighted by molar-refractivity contribution is 5.93. The molecular weight excluding hydrogens is 338 g/mol. The van der Waals surface area contributed by atoms with Gasteiger partial charge >= 0.3 is 0 Å². The molecule has 136 valence electrons. The molecule has 0 unspecified atom stereocenters. The summed E-state index contributed by atoms with van der Waals surface area (Å²) in [6.07, 6.45) is 2.08. The van der Waals surface area contributed by atoms with E-state index in [-0.39, 0.29) is 18.3 Å².